The quantitative estimate of drug-likeness (QED) is 0.272. The molecule has 0 aliphatic heterocycles. The molecule has 0 radical (unpaired) electrons. The molecular formula is C22H34O4. The zero-order chi connectivity index (χ0) is 19.4. The molecule has 26 heavy (non-hydrogen) atoms. The van der Waals surface area contributed by atoms with Gasteiger partial charge in [-0.05, 0) is 36.8 Å². The Labute approximate surface area is 158 Å². The minimum Gasteiger partial charge on any atom is -0.423 e. The highest BCUT2D eigenvalue weighted by atomic mass is 16.6. The Hall–Kier alpha value is -1.84. The van der Waals surface area contributed by atoms with Crippen LogP contribution < -0.4 is 9.47 Å². The van der Waals surface area contributed by atoms with Gasteiger partial charge in [0.25, 0.3) is 0 Å². The summed E-state index contributed by atoms with van der Waals surface area (Å²) in [6, 6.07) is 6.81. The van der Waals surface area contributed by atoms with Crippen LogP contribution in [0.2, 0.25) is 0 Å². The van der Waals surface area contributed by atoms with E-state index in [9.17, 15) is 9.59 Å². The molecule has 0 bridgehead atoms. The summed E-state index contributed by atoms with van der Waals surface area (Å²) in [7, 11) is 0. The molecular weight excluding hydrogens is 328 g/mol. The molecule has 0 fully saturated rings. The van der Waals surface area contributed by atoms with Gasteiger partial charge in [0.1, 0.15) is 0 Å². The minimum atomic E-state index is -0.314. The van der Waals surface area contributed by atoms with Crippen molar-refractivity contribution in [1.82, 2.24) is 0 Å². The van der Waals surface area contributed by atoms with Crippen molar-refractivity contribution in [2.45, 2.75) is 85.5 Å². The second-order valence-electron chi connectivity index (χ2n) is 7.97. The average Bonchev–Trinajstić information content (AvgIpc) is 2.55. The Balaban J connectivity index is 2.30. The molecule has 0 unspecified atom stereocenters. The third-order valence-corrected chi connectivity index (χ3v) is 4.06. The van der Waals surface area contributed by atoms with E-state index < -0.39 is 0 Å². The van der Waals surface area contributed by atoms with Crippen LogP contribution in [0.5, 0.6) is 11.5 Å². The molecule has 4 heteroatoms. The lowest BCUT2D eigenvalue weighted by Gasteiger charge is -2.17. The second-order valence-corrected chi connectivity index (χ2v) is 7.97. The number of esters is 2. The van der Waals surface area contributed by atoms with Crippen molar-refractivity contribution in [3.63, 3.8) is 0 Å². The van der Waals surface area contributed by atoms with E-state index in [1.807, 2.05) is 6.92 Å². The lowest BCUT2D eigenvalue weighted by atomic mass is 9.89. The molecule has 1 aromatic rings. The van der Waals surface area contributed by atoms with Crippen LogP contribution in [0.15, 0.2) is 24.3 Å². The van der Waals surface area contributed by atoms with Gasteiger partial charge in [-0.2, -0.15) is 0 Å². The Morgan fingerprint density at radius 2 is 1.31 bits per heavy atom. The fraction of sp³-hybridized carbons (Fsp3) is 0.636. The predicted octanol–water partition coefficient (Wildman–Crippen LogP) is 6.07. The summed E-state index contributed by atoms with van der Waals surface area (Å²) in [5, 5.41) is 0. The zero-order valence-corrected chi connectivity index (χ0v) is 16.8. The summed E-state index contributed by atoms with van der Waals surface area (Å²) in [6.45, 7) is 8.71. The first-order valence-corrected chi connectivity index (χ1v) is 9.82. The molecule has 0 saturated carbocycles. The molecule has 0 saturated heterocycles. The van der Waals surface area contributed by atoms with Crippen LogP contribution in [0.1, 0.15) is 85.5 Å². The minimum absolute atomic E-state index is 0.279. The zero-order valence-electron chi connectivity index (χ0n) is 16.8. The van der Waals surface area contributed by atoms with E-state index in [4.69, 9.17) is 9.47 Å². The van der Waals surface area contributed by atoms with E-state index >= 15 is 0 Å². The molecule has 0 aliphatic rings. The highest BCUT2D eigenvalue weighted by Crippen LogP contribution is 2.27. The van der Waals surface area contributed by atoms with E-state index in [-0.39, 0.29) is 11.9 Å². The van der Waals surface area contributed by atoms with E-state index in [2.05, 4.69) is 20.8 Å². The van der Waals surface area contributed by atoms with Gasteiger partial charge in [0.05, 0.1) is 0 Å². The summed E-state index contributed by atoms with van der Waals surface area (Å²) >= 11 is 0. The molecule has 0 spiro atoms. The maximum Gasteiger partial charge on any atom is 0.311 e. The normalized spacial score (nSPS) is 11.2. The number of rotatable bonds is 11. The Morgan fingerprint density at radius 3 is 1.85 bits per heavy atom. The molecule has 146 valence electrons. The number of unbranched alkanes of at least 4 members (excludes halogenated alkanes) is 4. The summed E-state index contributed by atoms with van der Waals surface area (Å²) in [5.74, 6) is 0.0264. The van der Waals surface area contributed by atoms with E-state index in [1.54, 1.807) is 24.3 Å². The van der Waals surface area contributed by atoms with E-state index in [0.29, 0.717) is 29.8 Å². The molecule has 0 N–H and O–H groups in total. The number of carbonyl (C=O) groups is 2. The lowest BCUT2D eigenvalue weighted by Crippen LogP contribution is -2.11. The van der Waals surface area contributed by atoms with Gasteiger partial charge in [0.2, 0.25) is 0 Å². The fourth-order valence-corrected chi connectivity index (χ4v) is 2.63. The highest BCUT2D eigenvalue weighted by Gasteiger charge is 2.13. The third-order valence-electron chi connectivity index (χ3n) is 4.06. The predicted molar refractivity (Wildman–Crippen MR) is 104 cm³/mol. The largest absolute Gasteiger partial charge is 0.423 e. The topological polar surface area (TPSA) is 52.6 Å². The van der Waals surface area contributed by atoms with Crippen LogP contribution in [-0.4, -0.2) is 11.9 Å². The van der Waals surface area contributed by atoms with Gasteiger partial charge in [-0.25, -0.2) is 0 Å². The summed E-state index contributed by atoms with van der Waals surface area (Å²) in [6.07, 6.45) is 8.15. The SMILES string of the molecule is CCCC(=O)Oc1ccccc1OC(=O)CCCCCCCC(C)(C)C. The smallest absolute Gasteiger partial charge is 0.311 e. The van der Waals surface area contributed by atoms with Gasteiger partial charge >= 0.3 is 11.9 Å². The third kappa shape index (κ3) is 10.2. The standard InChI is InChI=1S/C22H34O4/c1-5-13-20(23)25-18-14-10-11-15-19(18)26-21(24)16-9-7-6-8-12-17-22(2,3)4/h10-11,14-15H,5-9,12-13,16-17H2,1-4H3. The van der Waals surface area contributed by atoms with Crippen molar-refractivity contribution in [2.24, 2.45) is 5.41 Å². The molecule has 1 aromatic carbocycles. The monoisotopic (exact) mass is 362 g/mol. The maximum absolute atomic E-state index is 12.0. The summed E-state index contributed by atoms with van der Waals surface area (Å²) in [5.41, 5.74) is 0.401. The van der Waals surface area contributed by atoms with Crippen molar-refractivity contribution < 1.29 is 19.1 Å². The Morgan fingerprint density at radius 1 is 0.808 bits per heavy atom. The maximum atomic E-state index is 12.0. The van der Waals surface area contributed by atoms with Crippen molar-refractivity contribution in [1.29, 1.82) is 0 Å². The van der Waals surface area contributed by atoms with E-state index in [0.717, 1.165) is 25.7 Å². The van der Waals surface area contributed by atoms with Crippen LogP contribution in [-0.2, 0) is 9.59 Å². The van der Waals surface area contributed by atoms with Crippen LogP contribution in [0, 0.1) is 5.41 Å². The van der Waals surface area contributed by atoms with Crippen molar-refractivity contribution in [3.8, 4) is 11.5 Å². The van der Waals surface area contributed by atoms with Gasteiger partial charge < -0.3 is 9.47 Å². The molecule has 0 aliphatic carbocycles. The molecule has 0 amide bonds. The average molecular weight is 363 g/mol. The van der Waals surface area contributed by atoms with Crippen molar-refractivity contribution in [2.75, 3.05) is 0 Å². The van der Waals surface area contributed by atoms with Crippen LogP contribution in [0.4, 0.5) is 0 Å². The van der Waals surface area contributed by atoms with Crippen molar-refractivity contribution in [3.05, 3.63) is 24.3 Å². The molecule has 0 aromatic heterocycles. The Kier molecular flexibility index (Phi) is 10.0. The first-order chi connectivity index (χ1) is 12.3. The van der Waals surface area contributed by atoms with Crippen LogP contribution >= 0.6 is 0 Å². The lowest BCUT2D eigenvalue weighted by molar-refractivity contribution is -0.137. The van der Waals surface area contributed by atoms with E-state index in [1.165, 1.54) is 19.3 Å². The fourth-order valence-electron chi connectivity index (χ4n) is 2.63. The summed E-state index contributed by atoms with van der Waals surface area (Å²) < 4.78 is 10.6. The molecule has 0 heterocycles. The summed E-state index contributed by atoms with van der Waals surface area (Å²) in [4.78, 5) is 23.7. The number of benzene rings is 1. The van der Waals surface area contributed by atoms with Gasteiger partial charge in [-0.3, -0.25) is 9.59 Å². The Bertz CT molecular complexity index is 558. The molecule has 1 rings (SSSR count). The number of ether oxygens (including phenoxy) is 2. The number of para-hydroxylation sites is 2. The van der Waals surface area contributed by atoms with Crippen LogP contribution in [0.3, 0.4) is 0 Å². The van der Waals surface area contributed by atoms with Gasteiger partial charge in [-0.15, -0.1) is 0 Å². The second kappa shape index (κ2) is 11.7. The first kappa shape index (κ1) is 22.2. The number of hydrogen-bond acceptors (Lipinski definition) is 4. The molecule has 0 atom stereocenters. The first-order valence-electron chi connectivity index (χ1n) is 9.82. The number of hydrogen-bond donors (Lipinski definition) is 0. The van der Waals surface area contributed by atoms with Crippen LogP contribution in [0.25, 0.3) is 0 Å². The van der Waals surface area contributed by atoms with Gasteiger partial charge in [-0.1, -0.05) is 65.5 Å². The highest BCUT2D eigenvalue weighted by molar-refractivity contribution is 5.76. The number of carbonyl (C=O) groups excluding carboxylic acids is 2. The molecule has 4 nitrogen and oxygen atoms in total. The van der Waals surface area contributed by atoms with Crippen molar-refractivity contribution >= 4 is 11.9 Å². The van der Waals surface area contributed by atoms with Gasteiger partial charge in [0, 0.05) is 12.8 Å². The van der Waals surface area contributed by atoms with Gasteiger partial charge in [0.15, 0.2) is 11.5 Å².